The Labute approximate surface area is 178 Å². The van der Waals surface area contributed by atoms with Crippen LogP contribution in [0.3, 0.4) is 0 Å². The molecule has 1 heterocycles. The van der Waals surface area contributed by atoms with Gasteiger partial charge in [0.1, 0.15) is 5.75 Å². The lowest BCUT2D eigenvalue weighted by atomic mass is 10.2. The molecule has 26 heavy (non-hydrogen) atoms. The maximum Gasteiger partial charge on any atom is 0.193 e. The lowest BCUT2D eigenvalue weighted by Crippen LogP contribution is -2.57. The van der Waals surface area contributed by atoms with Crippen molar-refractivity contribution in [3.05, 3.63) is 28.8 Å². The highest BCUT2D eigenvalue weighted by Crippen LogP contribution is 2.25. The first kappa shape index (κ1) is 23.3. The average Bonchev–Trinajstić information content (AvgIpc) is 2.53. The Morgan fingerprint density at radius 3 is 2.69 bits per heavy atom. The predicted octanol–water partition coefficient (Wildman–Crippen LogP) is 2.94. The third kappa shape index (κ3) is 5.39. The molecule has 0 spiro atoms. The molecule has 1 fully saturated rings. The molecule has 148 valence electrons. The molecule has 1 aromatic rings. The van der Waals surface area contributed by atoms with Crippen LogP contribution in [0.25, 0.3) is 0 Å². The van der Waals surface area contributed by atoms with E-state index in [4.69, 9.17) is 16.3 Å². The second kappa shape index (κ2) is 9.45. The first-order valence-electron chi connectivity index (χ1n) is 8.29. The predicted molar refractivity (Wildman–Crippen MR) is 118 cm³/mol. The molecule has 6 nitrogen and oxygen atoms in total. The van der Waals surface area contributed by atoms with E-state index in [1.807, 2.05) is 24.0 Å². The number of rotatable bonds is 4. The van der Waals surface area contributed by atoms with Crippen molar-refractivity contribution in [2.24, 2.45) is 4.99 Å². The van der Waals surface area contributed by atoms with Crippen LogP contribution in [0.5, 0.6) is 5.75 Å². The van der Waals surface area contributed by atoms with Crippen LogP contribution in [0.2, 0.25) is 5.02 Å². The fourth-order valence-electron chi connectivity index (χ4n) is 2.80. The number of ether oxygens (including phenoxy) is 1. The summed E-state index contributed by atoms with van der Waals surface area (Å²) in [5.74, 6) is 1.55. The standard InChI is InChI=1S/C17H26ClN3O3S.HI/c1-5-24-15-10-14(18)7-6-13(15)11-20-16(19-4)21-8-9-25(22,23)17(2,3)12-21;/h6-7,10H,5,8-9,11-12H2,1-4H3,(H,19,20);1H. The molecule has 0 bridgehead atoms. The zero-order valence-electron chi connectivity index (χ0n) is 15.6. The van der Waals surface area contributed by atoms with Crippen LogP contribution in [-0.4, -0.2) is 56.5 Å². The summed E-state index contributed by atoms with van der Waals surface area (Å²) in [6.45, 7) is 7.36. The molecule has 1 aliphatic rings. The summed E-state index contributed by atoms with van der Waals surface area (Å²) in [5, 5.41) is 3.92. The number of guanidine groups is 1. The minimum atomic E-state index is -3.08. The monoisotopic (exact) mass is 515 g/mol. The van der Waals surface area contributed by atoms with E-state index in [0.29, 0.717) is 37.2 Å². The van der Waals surface area contributed by atoms with Crippen LogP contribution >= 0.6 is 35.6 Å². The van der Waals surface area contributed by atoms with Gasteiger partial charge in [0.2, 0.25) is 0 Å². The van der Waals surface area contributed by atoms with Gasteiger partial charge in [-0.3, -0.25) is 4.99 Å². The number of halogens is 2. The van der Waals surface area contributed by atoms with E-state index >= 15 is 0 Å². The lowest BCUT2D eigenvalue weighted by molar-refractivity contribution is 0.334. The van der Waals surface area contributed by atoms with Crippen molar-refractivity contribution in [1.82, 2.24) is 10.2 Å². The molecule has 0 saturated carbocycles. The molecule has 0 aromatic heterocycles. The molecule has 0 radical (unpaired) electrons. The number of sulfone groups is 1. The summed E-state index contributed by atoms with van der Waals surface area (Å²) in [7, 11) is -1.38. The van der Waals surface area contributed by atoms with E-state index in [-0.39, 0.29) is 29.7 Å². The largest absolute Gasteiger partial charge is 0.493 e. The van der Waals surface area contributed by atoms with Crippen molar-refractivity contribution in [1.29, 1.82) is 0 Å². The highest BCUT2D eigenvalue weighted by atomic mass is 127. The van der Waals surface area contributed by atoms with Gasteiger partial charge in [-0.2, -0.15) is 0 Å². The van der Waals surface area contributed by atoms with Crippen molar-refractivity contribution in [3.63, 3.8) is 0 Å². The number of benzene rings is 1. The van der Waals surface area contributed by atoms with E-state index < -0.39 is 14.6 Å². The third-order valence-corrected chi connectivity index (χ3v) is 7.09. The van der Waals surface area contributed by atoms with Crippen molar-refractivity contribution in [3.8, 4) is 5.75 Å². The molecule has 1 N–H and O–H groups in total. The van der Waals surface area contributed by atoms with Crippen LogP contribution in [0.15, 0.2) is 23.2 Å². The second-order valence-corrected chi connectivity index (χ2v) is 9.77. The summed E-state index contributed by atoms with van der Waals surface area (Å²) in [6.07, 6.45) is 0. The summed E-state index contributed by atoms with van der Waals surface area (Å²) >= 11 is 6.03. The highest BCUT2D eigenvalue weighted by molar-refractivity contribution is 14.0. The summed E-state index contributed by atoms with van der Waals surface area (Å²) in [5.41, 5.74) is 0.969. The lowest BCUT2D eigenvalue weighted by Gasteiger charge is -2.39. The second-order valence-electron chi connectivity index (χ2n) is 6.59. The average molecular weight is 516 g/mol. The van der Waals surface area contributed by atoms with E-state index in [0.717, 1.165) is 11.3 Å². The number of aliphatic imine (C=N–C) groups is 1. The Kier molecular flexibility index (Phi) is 8.47. The molecule has 1 aromatic carbocycles. The van der Waals surface area contributed by atoms with E-state index in [9.17, 15) is 8.42 Å². The normalized spacial score (nSPS) is 18.8. The summed E-state index contributed by atoms with van der Waals surface area (Å²) in [6, 6.07) is 5.53. The Balaban J connectivity index is 0.00000338. The quantitative estimate of drug-likeness (QED) is 0.379. The highest BCUT2D eigenvalue weighted by Gasteiger charge is 2.40. The molecule has 0 amide bonds. The molecule has 1 aliphatic heterocycles. The van der Waals surface area contributed by atoms with Crippen LogP contribution in [0, 0.1) is 0 Å². The molecule has 0 atom stereocenters. The minimum absolute atomic E-state index is 0. The van der Waals surface area contributed by atoms with Gasteiger partial charge in [-0.1, -0.05) is 17.7 Å². The molecular formula is C17H27ClIN3O3S. The Bertz CT molecular complexity index is 754. The van der Waals surface area contributed by atoms with Crippen molar-refractivity contribution in [2.45, 2.75) is 32.1 Å². The van der Waals surface area contributed by atoms with Crippen molar-refractivity contribution < 1.29 is 13.2 Å². The molecular weight excluding hydrogens is 489 g/mol. The van der Waals surface area contributed by atoms with Gasteiger partial charge in [0.05, 0.1) is 17.1 Å². The number of hydrogen-bond acceptors (Lipinski definition) is 4. The molecule has 1 saturated heterocycles. The van der Waals surface area contributed by atoms with Crippen molar-refractivity contribution >= 4 is 51.4 Å². The fraction of sp³-hybridized carbons (Fsp3) is 0.588. The van der Waals surface area contributed by atoms with Crippen LogP contribution in [0.4, 0.5) is 0 Å². The number of nitrogens with zero attached hydrogens (tertiary/aromatic N) is 2. The SMILES string of the molecule is CCOc1cc(Cl)ccc1CNC(=NC)N1CCS(=O)(=O)C(C)(C)C1.I. The van der Waals surface area contributed by atoms with Gasteiger partial charge in [0.15, 0.2) is 15.8 Å². The van der Waals surface area contributed by atoms with Gasteiger partial charge in [0, 0.05) is 37.3 Å². The molecule has 0 unspecified atom stereocenters. The van der Waals surface area contributed by atoms with Crippen LogP contribution in [0.1, 0.15) is 26.3 Å². The van der Waals surface area contributed by atoms with E-state index in [2.05, 4.69) is 10.3 Å². The van der Waals surface area contributed by atoms with E-state index in [1.165, 1.54) is 0 Å². The summed E-state index contributed by atoms with van der Waals surface area (Å²) in [4.78, 5) is 6.29. The Morgan fingerprint density at radius 1 is 1.42 bits per heavy atom. The first-order chi connectivity index (χ1) is 11.7. The van der Waals surface area contributed by atoms with Gasteiger partial charge < -0.3 is 15.0 Å². The zero-order valence-corrected chi connectivity index (χ0v) is 19.5. The molecule has 2 rings (SSSR count). The maximum atomic E-state index is 12.2. The Morgan fingerprint density at radius 2 is 2.12 bits per heavy atom. The maximum absolute atomic E-state index is 12.2. The van der Waals surface area contributed by atoms with Crippen LogP contribution in [-0.2, 0) is 16.4 Å². The fourth-order valence-corrected chi connectivity index (χ4v) is 4.32. The smallest absolute Gasteiger partial charge is 0.193 e. The molecule has 9 heteroatoms. The van der Waals surface area contributed by atoms with E-state index in [1.54, 1.807) is 27.0 Å². The van der Waals surface area contributed by atoms with Crippen LogP contribution < -0.4 is 10.1 Å². The third-order valence-electron chi connectivity index (χ3n) is 4.32. The number of nitrogens with one attached hydrogen (secondary N) is 1. The Hall–Kier alpha value is -0.740. The zero-order chi connectivity index (χ0) is 18.7. The topological polar surface area (TPSA) is 71.0 Å². The van der Waals surface area contributed by atoms with Gasteiger partial charge >= 0.3 is 0 Å². The van der Waals surface area contributed by atoms with Crippen molar-refractivity contribution in [2.75, 3.05) is 32.5 Å². The minimum Gasteiger partial charge on any atom is -0.493 e. The molecule has 0 aliphatic carbocycles. The van der Waals surface area contributed by atoms with Gasteiger partial charge in [-0.15, -0.1) is 24.0 Å². The summed E-state index contributed by atoms with van der Waals surface area (Å²) < 4.78 is 29.2. The van der Waals surface area contributed by atoms with Gasteiger partial charge in [0.25, 0.3) is 0 Å². The van der Waals surface area contributed by atoms with Gasteiger partial charge in [-0.05, 0) is 32.9 Å². The van der Waals surface area contributed by atoms with Gasteiger partial charge in [-0.25, -0.2) is 8.42 Å². The number of hydrogen-bond donors (Lipinski definition) is 1. The first-order valence-corrected chi connectivity index (χ1v) is 10.3.